The highest BCUT2D eigenvalue weighted by Crippen LogP contribution is 2.48. The van der Waals surface area contributed by atoms with Crippen LogP contribution in [0.4, 0.5) is 0 Å². The molecule has 30 heavy (non-hydrogen) atoms. The van der Waals surface area contributed by atoms with E-state index < -0.39 is 0 Å². The fraction of sp³-hybridized carbons (Fsp3) is 0.333. The Kier molecular flexibility index (Phi) is 4.82. The number of nitrogens with zero attached hydrogens (tertiary/aromatic N) is 4. The lowest BCUT2D eigenvalue weighted by Crippen LogP contribution is -2.28. The summed E-state index contributed by atoms with van der Waals surface area (Å²) in [5.41, 5.74) is 5.92. The van der Waals surface area contributed by atoms with E-state index in [1.165, 1.54) is 17.0 Å². The fourth-order valence-electron chi connectivity index (χ4n) is 4.69. The van der Waals surface area contributed by atoms with Gasteiger partial charge in [-0.15, -0.1) is 0 Å². The SMILES string of the molecule is COc1cccc(-n2c(C)cc(C3C(c4ccccn4)N=C4SC(C)CN43)c2C)c1. The molecular formula is C24H26N4OS. The van der Waals surface area contributed by atoms with Crippen LogP contribution in [0.15, 0.2) is 59.7 Å². The molecule has 0 spiro atoms. The molecule has 0 radical (unpaired) electrons. The zero-order valence-corrected chi connectivity index (χ0v) is 18.6. The second-order valence-electron chi connectivity index (χ2n) is 8.00. The normalized spacial score (nSPS) is 22.9. The molecule has 154 valence electrons. The van der Waals surface area contributed by atoms with Crippen LogP contribution < -0.4 is 4.74 Å². The maximum atomic E-state index is 5.46. The van der Waals surface area contributed by atoms with Gasteiger partial charge in [-0.05, 0) is 49.7 Å². The monoisotopic (exact) mass is 418 g/mol. The summed E-state index contributed by atoms with van der Waals surface area (Å²) in [6, 6.07) is 16.9. The summed E-state index contributed by atoms with van der Waals surface area (Å²) >= 11 is 1.88. The van der Waals surface area contributed by atoms with Crippen molar-refractivity contribution in [1.29, 1.82) is 0 Å². The van der Waals surface area contributed by atoms with E-state index in [4.69, 9.17) is 9.73 Å². The molecule has 0 N–H and O–H groups in total. The highest BCUT2D eigenvalue weighted by atomic mass is 32.2. The first kappa shape index (κ1) is 19.2. The maximum Gasteiger partial charge on any atom is 0.160 e. The van der Waals surface area contributed by atoms with Gasteiger partial charge in [-0.1, -0.05) is 30.8 Å². The fourth-order valence-corrected chi connectivity index (χ4v) is 5.78. The molecule has 0 aliphatic carbocycles. The van der Waals surface area contributed by atoms with Gasteiger partial charge in [-0.2, -0.15) is 0 Å². The van der Waals surface area contributed by atoms with E-state index in [0.29, 0.717) is 5.25 Å². The first-order valence-corrected chi connectivity index (χ1v) is 11.2. The van der Waals surface area contributed by atoms with Crippen LogP contribution >= 0.6 is 11.8 Å². The van der Waals surface area contributed by atoms with Gasteiger partial charge < -0.3 is 14.2 Å². The van der Waals surface area contributed by atoms with Gasteiger partial charge in [-0.25, -0.2) is 0 Å². The van der Waals surface area contributed by atoms with Crippen LogP contribution in [-0.2, 0) is 0 Å². The number of benzene rings is 1. The lowest BCUT2D eigenvalue weighted by molar-refractivity contribution is 0.320. The molecule has 5 rings (SSSR count). The Hall–Kier alpha value is -2.73. The van der Waals surface area contributed by atoms with E-state index >= 15 is 0 Å². The first-order chi connectivity index (χ1) is 14.6. The average Bonchev–Trinajstić information content (AvgIpc) is 3.38. The van der Waals surface area contributed by atoms with Crippen molar-refractivity contribution < 1.29 is 4.74 Å². The van der Waals surface area contributed by atoms with E-state index in [-0.39, 0.29) is 12.1 Å². The molecule has 2 aromatic heterocycles. The number of aryl methyl sites for hydroxylation is 1. The minimum atomic E-state index is 0.0143. The van der Waals surface area contributed by atoms with Gasteiger partial charge in [-0.3, -0.25) is 9.98 Å². The first-order valence-electron chi connectivity index (χ1n) is 10.3. The van der Waals surface area contributed by atoms with E-state index in [1.807, 2.05) is 36.2 Å². The third kappa shape index (κ3) is 3.10. The Bertz CT molecular complexity index is 1110. The molecule has 0 saturated carbocycles. The molecule has 0 amide bonds. The van der Waals surface area contributed by atoms with Gasteiger partial charge in [0.05, 0.1) is 18.8 Å². The Balaban J connectivity index is 1.61. The molecule has 0 bridgehead atoms. The third-order valence-corrected chi connectivity index (χ3v) is 7.08. The highest BCUT2D eigenvalue weighted by molar-refractivity contribution is 8.14. The second-order valence-corrected chi connectivity index (χ2v) is 9.41. The molecule has 3 atom stereocenters. The number of hydrogen-bond acceptors (Lipinski definition) is 5. The summed E-state index contributed by atoms with van der Waals surface area (Å²) in [6.07, 6.45) is 1.87. The zero-order valence-electron chi connectivity index (χ0n) is 17.7. The van der Waals surface area contributed by atoms with Crippen molar-refractivity contribution in [3.8, 4) is 11.4 Å². The number of rotatable bonds is 4. The number of thioether (sulfide) groups is 1. The molecule has 1 fully saturated rings. The molecule has 3 aromatic rings. The van der Waals surface area contributed by atoms with Crippen LogP contribution in [0.3, 0.4) is 0 Å². The topological polar surface area (TPSA) is 42.6 Å². The average molecular weight is 419 g/mol. The molecule has 5 nitrogen and oxygen atoms in total. The number of methoxy groups -OCH3 is 1. The van der Waals surface area contributed by atoms with Crippen LogP contribution in [0.1, 0.15) is 41.7 Å². The Morgan fingerprint density at radius 3 is 2.73 bits per heavy atom. The molecule has 1 saturated heterocycles. The summed E-state index contributed by atoms with van der Waals surface area (Å²) in [7, 11) is 1.71. The van der Waals surface area contributed by atoms with Gasteiger partial charge in [0.15, 0.2) is 5.17 Å². The Morgan fingerprint density at radius 1 is 1.10 bits per heavy atom. The molecule has 2 aliphatic rings. The van der Waals surface area contributed by atoms with Crippen molar-refractivity contribution in [2.45, 2.75) is 38.1 Å². The molecule has 4 heterocycles. The maximum absolute atomic E-state index is 5.46. The predicted octanol–water partition coefficient (Wildman–Crippen LogP) is 5.09. The number of fused-ring (bicyclic) bond motifs is 1. The largest absolute Gasteiger partial charge is 0.497 e. The number of aliphatic imine (C=N–C) groups is 1. The lowest BCUT2D eigenvalue weighted by atomic mass is 9.96. The number of ether oxygens (including phenoxy) is 1. The van der Waals surface area contributed by atoms with Gasteiger partial charge >= 0.3 is 0 Å². The van der Waals surface area contributed by atoms with E-state index in [0.717, 1.165) is 28.8 Å². The Labute approximate surface area is 181 Å². The summed E-state index contributed by atoms with van der Waals surface area (Å²) in [5.74, 6) is 0.865. The van der Waals surface area contributed by atoms with Gasteiger partial charge in [0, 0.05) is 41.1 Å². The molecule has 6 heteroatoms. The second kappa shape index (κ2) is 7.51. The lowest BCUT2D eigenvalue weighted by Gasteiger charge is -2.27. The van der Waals surface area contributed by atoms with E-state index in [1.54, 1.807) is 7.11 Å². The van der Waals surface area contributed by atoms with Crippen molar-refractivity contribution in [1.82, 2.24) is 14.5 Å². The standard InChI is InChI=1S/C24H26N4OS/c1-15-12-20(17(3)28(15)18-8-7-9-19(13-18)29-4)23-22(21-10-5-6-11-25-21)26-24-27(23)14-16(2)30-24/h5-13,16,22-23H,14H2,1-4H3. The smallest absolute Gasteiger partial charge is 0.160 e. The summed E-state index contributed by atoms with van der Waals surface area (Å²) < 4.78 is 7.77. The third-order valence-electron chi connectivity index (χ3n) is 5.98. The van der Waals surface area contributed by atoms with Crippen LogP contribution in [-0.4, -0.2) is 38.5 Å². The number of aromatic nitrogens is 2. The van der Waals surface area contributed by atoms with Crippen molar-refractivity contribution in [3.05, 3.63) is 77.4 Å². The van der Waals surface area contributed by atoms with E-state index in [2.05, 4.69) is 65.6 Å². The van der Waals surface area contributed by atoms with Crippen LogP contribution in [0.25, 0.3) is 5.69 Å². The Morgan fingerprint density at radius 2 is 1.97 bits per heavy atom. The summed E-state index contributed by atoms with van der Waals surface area (Å²) in [4.78, 5) is 12.3. The van der Waals surface area contributed by atoms with Crippen molar-refractivity contribution in [2.75, 3.05) is 13.7 Å². The summed E-state index contributed by atoms with van der Waals surface area (Å²) in [6.45, 7) is 7.67. The molecular weight excluding hydrogens is 392 g/mol. The van der Waals surface area contributed by atoms with Gasteiger partial charge in [0.1, 0.15) is 11.8 Å². The van der Waals surface area contributed by atoms with Gasteiger partial charge in [0.25, 0.3) is 0 Å². The zero-order chi connectivity index (χ0) is 20.8. The van der Waals surface area contributed by atoms with Crippen LogP contribution in [0.2, 0.25) is 0 Å². The van der Waals surface area contributed by atoms with Crippen molar-refractivity contribution in [3.63, 3.8) is 0 Å². The van der Waals surface area contributed by atoms with Crippen molar-refractivity contribution >= 4 is 16.9 Å². The molecule has 3 unspecified atom stereocenters. The van der Waals surface area contributed by atoms with Crippen LogP contribution in [0.5, 0.6) is 5.75 Å². The molecule has 1 aromatic carbocycles. The minimum absolute atomic E-state index is 0.0143. The predicted molar refractivity (Wildman–Crippen MR) is 123 cm³/mol. The number of pyridine rings is 1. The van der Waals surface area contributed by atoms with Crippen molar-refractivity contribution in [2.24, 2.45) is 4.99 Å². The number of hydrogen-bond donors (Lipinski definition) is 0. The molecule has 2 aliphatic heterocycles. The van der Waals surface area contributed by atoms with E-state index in [9.17, 15) is 0 Å². The minimum Gasteiger partial charge on any atom is -0.497 e. The quantitative estimate of drug-likeness (QED) is 0.592. The van der Waals surface area contributed by atoms with Gasteiger partial charge in [0.2, 0.25) is 0 Å². The summed E-state index contributed by atoms with van der Waals surface area (Å²) in [5, 5.41) is 1.70. The highest BCUT2D eigenvalue weighted by Gasteiger charge is 2.44. The number of amidine groups is 1. The van der Waals surface area contributed by atoms with Crippen LogP contribution in [0, 0.1) is 13.8 Å².